The van der Waals surface area contributed by atoms with Crippen molar-refractivity contribution in [3.63, 3.8) is 0 Å². The third-order valence-corrected chi connectivity index (χ3v) is 6.77. The third kappa shape index (κ3) is 5.20. The van der Waals surface area contributed by atoms with Crippen LogP contribution in [0.25, 0.3) is 56.4 Å². The monoisotopic (exact) mass is 549 g/mol. The molecule has 0 aliphatic rings. The largest absolute Gasteiger partial charge is 0.208 e. The van der Waals surface area contributed by atoms with E-state index in [4.69, 9.17) is 22.8 Å². The molecule has 0 saturated heterocycles. The third-order valence-electron chi connectivity index (χ3n) is 6.31. The van der Waals surface area contributed by atoms with Crippen molar-refractivity contribution in [1.29, 1.82) is 0 Å². The normalized spacial score (nSPS) is 10.9. The van der Waals surface area contributed by atoms with Gasteiger partial charge in [-0.25, -0.2) is 15.0 Å². The van der Waals surface area contributed by atoms with Gasteiger partial charge in [0.2, 0.25) is 0 Å². The van der Waals surface area contributed by atoms with E-state index in [1.165, 1.54) is 11.1 Å². The molecule has 6 rings (SSSR count). The average Bonchev–Trinajstić information content (AvgIpc) is 2.97. The lowest BCUT2D eigenvalue weighted by atomic mass is 9.94. The van der Waals surface area contributed by atoms with E-state index < -0.39 is 0 Å². The summed E-state index contributed by atoms with van der Waals surface area (Å²) in [7, 11) is 6.14. The molecule has 0 aliphatic carbocycles. The van der Waals surface area contributed by atoms with Crippen LogP contribution in [-0.2, 0) is 0 Å². The topological polar surface area (TPSA) is 38.7 Å². The Balaban J connectivity index is 1.44. The Morgan fingerprint density at radius 2 is 0.763 bits per heavy atom. The summed E-state index contributed by atoms with van der Waals surface area (Å²) < 4.78 is 0.871. The summed E-state index contributed by atoms with van der Waals surface area (Å²) >= 11 is 3.55. The molecule has 0 atom stereocenters. The van der Waals surface area contributed by atoms with E-state index in [0.717, 1.165) is 32.3 Å². The number of halogens is 1. The number of nitrogens with zero attached hydrogens (tertiary/aromatic N) is 3. The van der Waals surface area contributed by atoms with Crippen LogP contribution in [0.2, 0.25) is 0 Å². The maximum absolute atomic E-state index is 6.14. The minimum atomic E-state index is 0.567. The van der Waals surface area contributed by atoms with Gasteiger partial charge in [-0.15, -0.1) is 0 Å². The minimum absolute atomic E-state index is 0.567. The highest BCUT2D eigenvalue weighted by Gasteiger charge is 2.13. The zero-order valence-corrected chi connectivity index (χ0v) is 22.0. The first-order chi connectivity index (χ1) is 18.6. The molecule has 2 radical (unpaired) electrons. The molecule has 0 aliphatic heterocycles. The predicted octanol–water partition coefficient (Wildman–Crippen LogP) is 7.76. The molecule has 0 bridgehead atoms. The highest BCUT2D eigenvalue weighted by molar-refractivity contribution is 9.10. The lowest BCUT2D eigenvalue weighted by Gasteiger charge is -2.10. The van der Waals surface area contributed by atoms with Crippen LogP contribution in [0.15, 0.2) is 132 Å². The van der Waals surface area contributed by atoms with Gasteiger partial charge >= 0.3 is 0 Å². The lowest BCUT2D eigenvalue weighted by molar-refractivity contribution is 1.07. The quantitative estimate of drug-likeness (QED) is 0.206. The Kier molecular flexibility index (Phi) is 6.68. The van der Waals surface area contributed by atoms with Crippen molar-refractivity contribution >= 4 is 29.2 Å². The zero-order valence-electron chi connectivity index (χ0n) is 20.4. The Labute approximate surface area is 231 Å². The molecule has 5 heteroatoms. The number of benzene rings is 5. The van der Waals surface area contributed by atoms with E-state index in [0.29, 0.717) is 22.9 Å². The summed E-state index contributed by atoms with van der Waals surface area (Å²) in [5.74, 6) is 1.78. The van der Waals surface area contributed by atoms with Crippen LogP contribution in [0.4, 0.5) is 0 Å². The van der Waals surface area contributed by atoms with Crippen LogP contribution < -0.4 is 5.46 Å². The average molecular weight is 550 g/mol. The first-order valence-corrected chi connectivity index (χ1v) is 13.1. The molecule has 1 aromatic heterocycles. The van der Waals surface area contributed by atoms with E-state index >= 15 is 0 Å². The van der Waals surface area contributed by atoms with Crippen LogP contribution in [0.3, 0.4) is 0 Å². The van der Waals surface area contributed by atoms with Crippen molar-refractivity contribution in [2.45, 2.75) is 0 Å². The number of rotatable bonds is 5. The first kappa shape index (κ1) is 24.0. The molecule has 38 heavy (non-hydrogen) atoms. The van der Waals surface area contributed by atoms with Crippen LogP contribution in [0, 0.1) is 0 Å². The number of aromatic nitrogens is 3. The highest BCUT2D eigenvalue weighted by atomic mass is 79.9. The Morgan fingerprint density at radius 3 is 1.18 bits per heavy atom. The molecule has 5 aromatic carbocycles. The summed E-state index contributed by atoms with van der Waals surface area (Å²) in [6, 6.07) is 42.9. The Morgan fingerprint density at radius 1 is 0.395 bits per heavy atom. The van der Waals surface area contributed by atoms with Gasteiger partial charge in [0, 0.05) is 21.2 Å². The summed E-state index contributed by atoms with van der Waals surface area (Å²) in [6.07, 6.45) is 0. The lowest BCUT2D eigenvalue weighted by Crippen LogP contribution is -2.05. The second kappa shape index (κ2) is 10.6. The van der Waals surface area contributed by atoms with Gasteiger partial charge in [0.25, 0.3) is 0 Å². The second-order valence-electron chi connectivity index (χ2n) is 8.97. The van der Waals surface area contributed by atoms with E-state index in [1.807, 2.05) is 54.6 Å². The van der Waals surface area contributed by atoms with Crippen molar-refractivity contribution in [2.24, 2.45) is 0 Å². The number of hydrogen-bond donors (Lipinski definition) is 0. The maximum Gasteiger partial charge on any atom is 0.164 e. The van der Waals surface area contributed by atoms with Crippen molar-refractivity contribution in [3.05, 3.63) is 132 Å². The Bertz CT molecular complexity index is 1580. The van der Waals surface area contributed by atoms with Gasteiger partial charge in [0.05, 0.1) is 0 Å². The smallest absolute Gasteiger partial charge is 0.164 e. The van der Waals surface area contributed by atoms with Gasteiger partial charge < -0.3 is 0 Å². The van der Waals surface area contributed by atoms with Gasteiger partial charge in [-0.2, -0.15) is 0 Å². The van der Waals surface area contributed by atoms with Gasteiger partial charge in [0.15, 0.2) is 17.5 Å². The van der Waals surface area contributed by atoms with E-state index in [1.54, 1.807) is 0 Å². The molecular weight excluding hydrogens is 529 g/mol. The van der Waals surface area contributed by atoms with Crippen LogP contribution in [-0.4, -0.2) is 22.8 Å². The number of hydrogen-bond acceptors (Lipinski definition) is 3. The van der Waals surface area contributed by atoms with Crippen LogP contribution >= 0.6 is 15.9 Å². The van der Waals surface area contributed by atoms with E-state index in [-0.39, 0.29) is 0 Å². The zero-order chi connectivity index (χ0) is 25.9. The van der Waals surface area contributed by atoms with Crippen LogP contribution in [0.5, 0.6) is 0 Å². The fraction of sp³-hybridized carbons (Fsp3) is 0. The van der Waals surface area contributed by atoms with Crippen molar-refractivity contribution in [3.8, 4) is 56.4 Å². The molecular formula is C33H21BBrN3. The molecule has 0 amide bonds. The summed E-state index contributed by atoms with van der Waals surface area (Å²) in [4.78, 5) is 14.6. The van der Waals surface area contributed by atoms with Crippen molar-refractivity contribution < 1.29 is 0 Å². The van der Waals surface area contributed by atoms with Gasteiger partial charge in [0.1, 0.15) is 7.85 Å². The summed E-state index contributed by atoms with van der Waals surface area (Å²) in [5.41, 5.74) is 7.90. The molecule has 3 nitrogen and oxygen atoms in total. The minimum Gasteiger partial charge on any atom is -0.208 e. The Hall–Kier alpha value is -4.35. The van der Waals surface area contributed by atoms with Crippen molar-refractivity contribution in [1.82, 2.24) is 15.0 Å². The van der Waals surface area contributed by atoms with Gasteiger partial charge in [-0.1, -0.05) is 143 Å². The van der Waals surface area contributed by atoms with Crippen molar-refractivity contribution in [2.75, 3.05) is 0 Å². The fourth-order valence-corrected chi connectivity index (χ4v) is 4.90. The first-order valence-electron chi connectivity index (χ1n) is 12.3. The standard InChI is InChI=1S/C33H21BBrN3/c34-29-19-28(20-30(35)21-29)33-37-31(26-15-11-24(12-16-26)22-7-3-1-4-8-22)36-32(38-33)27-17-13-25(14-18-27)23-9-5-2-6-10-23/h1-21H. The van der Waals surface area contributed by atoms with E-state index in [9.17, 15) is 0 Å². The molecule has 6 aromatic rings. The molecule has 0 unspecified atom stereocenters. The van der Waals surface area contributed by atoms with Crippen LogP contribution in [0.1, 0.15) is 0 Å². The second-order valence-corrected chi connectivity index (χ2v) is 9.88. The molecule has 0 saturated carbocycles. The molecule has 0 spiro atoms. The summed E-state index contributed by atoms with van der Waals surface area (Å²) in [6.45, 7) is 0. The fourth-order valence-electron chi connectivity index (χ4n) is 4.39. The SMILES string of the molecule is [B]c1cc(Br)cc(-c2nc(-c3ccc(-c4ccccc4)cc3)nc(-c3ccc(-c4ccccc4)cc3)n2)c1. The molecule has 0 fully saturated rings. The van der Waals surface area contributed by atoms with Gasteiger partial charge in [-0.05, 0) is 28.3 Å². The molecule has 0 N–H and O–H groups in total. The highest BCUT2D eigenvalue weighted by Crippen LogP contribution is 2.29. The van der Waals surface area contributed by atoms with E-state index in [2.05, 4.69) is 88.7 Å². The van der Waals surface area contributed by atoms with Gasteiger partial charge in [-0.3, -0.25) is 0 Å². The molecule has 178 valence electrons. The summed E-state index contributed by atoms with van der Waals surface area (Å²) in [5, 5.41) is 0. The maximum atomic E-state index is 6.14. The predicted molar refractivity (Wildman–Crippen MR) is 160 cm³/mol. The molecule has 1 heterocycles.